The summed E-state index contributed by atoms with van der Waals surface area (Å²) in [6, 6.07) is 6.67. The summed E-state index contributed by atoms with van der Waals surface area (Å²) in [5.74, 6) is -2.04. The van der Waals surface area contributed by atoms with Gasteiger partial charge < -0.3 is 15.4 Å². The van der Waals surface area contributed by atoms with Crippen LogP contribution in [0.1, 0.15) is 17.3 Å². The van der Waals surface area contributed by atoms with E-state index in [0.717, 1.165) is 0 Å². The number of benzene rings is 1. The maximum atomic E-state index is 12.4. The predicted molar refractivity (Wildman–Crippen MR) is 76.6 cm³/mol. The topological polar surface area (TPSA) is 134 Å². The molecule has 21 heavy (non-hydrogen) atoms. The number of aryl methyl sites for hydroxylation is 1. The molecule has 0 radical (unpaired) electrons. The summed E-state index contributed by atoms with van der Waals surface area (Å²) in [7, 11) is 0. The lowest BCUT2D eigenvalue weighted by molar-refractivity contribution is 0.106. The van der Waals surface area contributed by atoms with Crippen molar-refractivity contribution >= 4 is 22.5 Å². The molecule has 0 aliphatic rings. The Hall–Kier alpha value is -3.03. The van der Waals surface area contributed by atoms with Crippen LogP contribution >= 0.6 is 0 Å². The number of hydrogen-bond donors (Lipinski definition) is 3. The number of para-hydroxylation sites is 1. The van der Waals surface area contributed by atoms with E-state index < -0.39 is 28.5 Å². The van der Waals surface area contributed by atoms with Crippen molar-refractivity contribution in [2.45, 2.75) is 13.5 Å². The molecule has 1 aromatic heterocycles. The van der Waals surface area contributed by atoms with Crippen molar-refractivity contribution in [1.29, 1.82) is 5.53 Å². The Balaban J connectivity index is 2.88. The summed E-state index contributed by atoms with van der Waals surface area (Å²) in [6.07, 6.45) is 0. The summed E-state index contributed by atoms with van der Waals surface area (Å²) in [5.41, 5.74) is 11.3. The third-order valence-electron chi connectivity index (χ3n) is 3.08. The normalized spacial score (nSPS) is 11.6. The van der Waals surface area contributed by atoms with Crippen molar-refractivity contribution in [2.24, 2.45) is 16.1 Å². The number of aromatic hydroxyl groups is 1. The number of rotatable bonds is 4. The summed E-state index contributed by atoms with van der Waals surface area (Å²) in [5, 5.41) is 16.3. The van der Waals surface area contributed by atoms with Gasteiger partial charge in [-0.2, -0.15) is 5.53 Å². The van der Waals surface area contributed by atoms with E-state index in [9.17, 15) is 14.7 Å². The van der Waals surface area contributed by atoms with E-state index in [1.807, 2.05) is 0 Å². The van der Waals surface area contributed by atoms with Crippen LogP contribution in [0, 0.1) is 5.53 Å². The Kier molecular flexibility index (Phi) is 3.79. The molecule has 2 aromatic rings. The van der Waals surface area contributed by atoms with Gasteiger partial charge in [-0.3, -0.25) is 9.59 Å². The number of nitrogens with one attached hydrogen (secondary N) is 1. The van der Waals surface area contributed by atoms with Crippen LogP contribution in [-0.4, -0.2) is 21.3 Å². The van der Waals surface area contributed by atoms with E-state index in [0.29, 0.717) is 17.4 Å². The van der Waals surface area contributed by atoms with Gasteiger partial charge in [0.15, 0.2) is 5.84 Å². The van der Waals surface area contributed by atoms with Crippen molar-refractivity contribution in [3.05, 3.63) is 40.2 Å². The van der Waals surface area contributed by atoms with Crippen LogP contribution in [0.3, 0.4) is 0 Å². The zero-order valence-electron chi connectivity index (χ0n) is 11.2. The maximum absolute atomic E-state index is 12.4. The third-order valence-corrected chi connectivity index (χ3v) is 3.08. The highest BCUT2D eigenvalue weighted by Gasteiger charge is 2.24. The highest BCUT2D eigenvalue weighted by atomic mass is 16.3. The summed E-state index contributed by atoms with van der Waals surface area (Å²) < 4.78 is 1.35. The number of nitrogens with zero attached hydrogens (tertiary/aromatic N) is 3. The lowest BCUT2D eigenvalue weighted by Crippen LogP contribution is -2.33. The van der Waals surface area contributed by atoms with Gasteiger partial charge >= 0.3 is 0 Å². The molecule has 4 N–H and O–H groups in total. The minimum Gasteiger partial charge on any atom is -0.506 e. The third kappa shape index (κ3) is 2.27. The number of pyridine rings is 1. The molecule has 1 heterocycles. The number of aromatic nitrogens is 1. The van der Waals surface area contributed by atoms with Crippen LogP contribution in [0.15, 0.2) is 39.4 Å². The zero-order valence-corrected chi connectivity index (χ0v) is 11.2. The van der Waals surface area contributed by atoms with Gasteiger partial charge in [0.25, 0.3) is 5.56 Å². The lowest BCUT2D eigenvalue weighted by Gasteiger charge is -2.12. The number of hydrogen-bond acceptors (Lipinski definition) is 5. The molecule has 0 saturated heterocycles. The fourth-order valence-corrected chi connectivity index (χ4v) is 2.14. The summed E-state index contributed by atoms with van der Waals surface area (Å²) >= 11 is 0. The van der Waals surface area contributed by atoms with Crippen LogP contribution in [0.4, 0.5) is 0 Å². The molecule has 0 aliphatic carbocycles. The fourth-order valence-electron chi connectivity index (χ4n) is 2.14. The first-order valence-electron chi connectivity index (χ1n) is 6.12. The van der Waals surface area contributed by atoms with Crippen molar-refractivity contribution in [3.63, 3.8) is 0 Å². The molecule has 108 valence electrons. The molecule has 0 unspecified atom stereocenters. The van der Waals surface area contributed by atoms with E-state index in [2.05, 4.69) is 10.3 Å². The highest BCUT2D eigenvalue weighted by Crippen LogP contribution is 2.26. The Labute approximate surface area is 119 Å². The average molecular weight is 287 g/mol. The Morgan fingerprint density at radius 2 is 2.10 bits per heavy atom. The number of fused-ring (bicyclic) bond motifs is 1. The first-order valence-corrected chi connectivity index (χ1v) is 6.12. The molecule has 0 fully saturated rings. The Bertz CT molecular complexity index is 822. The highest BCUT2D eigenvalue weighted by molar-refractivity contribution is 6.45. The van der Waals surface area contributed by atoms with E-state index >= 15 is 0 Å². The molecular formula is C13H13N5O3. The number of carbonyl (C=O) groups is 1. The molecule has 8 heteroatoms. The quantitative estimate of drug-likeness (QED) is 0.256. The van der Waals surface area contributed by atoms with Gasteiger partial charge in [-0.1, -0.05) is 17.4 Å². The van der Waals surface area contributed by atoms with E-state index in [4.69, 9.17) is 11.3 Å². The number of carbonyl (C=O) groups excluding carboxylic acids is 1. The Morgan fingerprint density at radius 3 is 2.71 bits per heavy atom. The van der Waals surface area contributed by atoms with Gasteiger partial charge in [0.2, 0.25) is 5.78 Å². The van der Waals surface area contributed by atoms with Crippen LogP contribution < -0.4 is 11.3 Å². The number of ketones is 1. The van der Waals surface area contributed by atoms with Crippen LogP contribution in [-0.2, 0) is 6.54 Å². The average Bonchev–Trinajstić information content (AvgIpc) is 2.48. The molecule has 8 nitrogen and oxygen atoms in total. The molecule has 1 aromatic carbocycles. The molecule has 0 amide bonds. The van der Waals surface area contributed by atoms with Crippen molar-refractivity contribution in [1.82, 2.24) is 4.57 Å². The summed E-state index contributed by atoms with van der Waals surface area (Å²) in [4.78, 5) is 24.5. The zero-order chi connectivity index (χ0) is 15.6. The smallest absolute Gasteiger partial charge is 0.266 e. The number of amidine groups is 1. The molecule has 0 aliphatic heterocycles. The van der Waals surface area contributed by atoms with Gasteiger partial charge in [0, 0.05) is 11.9 Å². The maximum Gasteiger partial charge on any atom is 0.266 e. The van der Waals surface area contributed by atoms with E-state index in [1.54, 1.807) is 31.2 Å². The molecule has 0 spiro atoms. The first kappa shape index (κ1) is 14.4. The molecule has 2 rings (SSSR count). The van der Waals surface area contributed by atoms with Crippen molar-refractivity contribution in [2.75, 3.05) is 0 Å². The van der Waals surface area contributed by atoms with Gasteiger partial charge in [0.1, 0.15) is 11.3 Å². The monoisotopic (exact) mass is 287 g/mol. The standard InChI is InChI=1S/C13H13N5O3/c1-2-18-8-6-4-3-5-7(8)10(19)9(13(18)21)11(20)12(14)16-17-15/h3-6,19H,2H2,1H3,(H3,14,15,16). The molecule has 0 atom stereocenters. The van der Waals surface area contributed by atoms with Crippen LogP contribution in [0.25, 0.3) is 10.9 Å². The minimum absolute atomic E-state index is 0.319. The molecular weight excluding hydrogens is 274 g/mol. The second-order valence-electron chi connectivity index (χ2n) is 4.20. The molecule has 0 bridgehead atoms. The van der Waals surface area contributed by atoms with Gasteiger partial charge in [-0.05, 0) is 19.1 Å². The van der Waals surface area contributed by atoms with E-state index in [-0.39, 0.29) is 0 Å². The number of nitrogens with two attached hydrogens (primary N) is 1. The molecule has 0 saturated carbocycles. The Morgan fingerprint density at radius 1 is 1.43 bits per heavy atom. The van der Waals surface area contributed by atoms with E-state index in [1.165, 1.54) is 4.57 Å². The van der Waals surface area contributed by atoms with Gasteiger partial charge in [-0.25, -0.2) is 0 Å². The van der Waals surface area contributed by atoms with Crippen LogP contribution in [0.2, 0.25) is 0 Å². The largest absolute Gasteiger partial charge is 0.506 e. The minimum atomic E-state index is -0.957. The lowest BCUT2D eigenvalue weighted by atomic mass is 10.1. The first-order chi connectivity index (χ1) is 10.0. The predicted octanol–water partition coefficient (Wildman–Crippen LogP) is 1.21. The van der Waals surface area contributed by atoms with Crippen molar-refractivity contribution in [3.8, 4) is 5.75 Å². The van der Waals surface area contributed by atoms with Crippen LogP contribution in [0.5, 0.6) is 5.75 Å². The SMILES string of the molecule is CCn1c(=O)c(C(=O)C(N)=NN=N)c(O)c2ccccc21. The van der Waals surface area contributed by atoms with Gasteiger partial charge in [-0.15, -0.1) is 5.10 Å². The fraction of sp³-hybridized carbons (Fsp3) is 0.154. The van der Waals surface area contributed by atoms with Crippen molar-refractivity contribution < 1.29 is 9.90 Å². The summed E-state index contributed by atoms with van der Waals surface area (Å²) in [6.45, 7) is 2.06. The van der Waals surface area contributed by atoms with Gasteiger partial charge in [0.05, 0.1) is 5.52 Å². The number of Topliss-reactive ketones (excluding diaryl/α,β-unsaturated/α-hetero) is 1. The second kappa shape index (κ2) is 5.53. The second-order valence-corrected chi connectivity index (χ2v) is 4.20.